The van der Waals surface area contributed by atoms with Gasteiger partial charge in [0.25, 0.3) is 5.56 Å². The van der Waals surface area contributed by atoms with Crippen LogP contribution < -0.4 is 11.2 Å². The molecule has 0 atom stereocenters. The van der Waals surface area contributed by atoms with Crippen LogP contribution in [0.15, 0.2) is 39.9 Å². The fourth-order valence-corrected chi connectivity index (χ4v) is 2.34. The molecule has 1 aromatic heterocycles. The van der Waals surface area contributed by atoms with Crippen molar-refractivity contribution in [3.63, 3.8) is 0 Å². The number of aromatic nitrogens is 2. The molecule has 5 heteroatoms. The van der Waals surface area contributed by atoms with Gasteiger partial charge in [-0.2, -0.15) is 0 Å². The molecule has 2 aromatic rings. The van der Waals surface area contributed by atoms with Crippen LogP contribution in [0.2, 0.25) is 0 Å². The first-order valence-electron chi connectivity index (χ1n) is 6.89. The second-order valence-corrected chi connectivity index (χ2v) is 5.47. The summed E-state index contributed by atoms with van der Waals surface area (Å²) in [7, 11) is 5.17. The van der Waals surface area contributed by atoms with Gasteiger partial charge in [0.2, 0.25) is 0 Å². The summed E-state index contributed by atoms with van der Waals surface area (Å²) in [6, 6.07) is 9.73. The Balaban J connectivity index is 2.21. The summed E-state index contributed by atoms with van der Waals surface area (Å²) in [4.78, 5) is 25.7. The summed E-state index contributed by atoms with van der Waals surface area (Å²) in [5.74, 6) is 0. The van der Waals surface area contributed by atoms with Crippen LogP contribution in [-0.2, 0) is 27.2 Å². The molecule has 1 aromatic carbocycles. The normalized spacial score (nSPS) is 11.1. The maximum absolute atomic E-state index is 11.9. The first-order chi connectivity index (χ1) is 9.90. The smallest absolute Gasteiger partial charge is 0.299 e. The summed E-state index contributed by atoms with van der Waals surface area (Å²) in [5, 5.41) is 0. The molecule has 1 heterocycles. The first-order valence-corrected chi connectivity index (χ1v) is 6.89. The Kier molecular flexibility index (Phi) is 4.43. The molecule has 0 saturated heterocycles. The standard InChI is InChI=1S/C16H21N3O2/c1-12-7-5-6-8-13(12)10-17(2)11-14-9-15(20)19(4)16(21)18(14)3/h5-9H,10-11H2,1-4H3. The summed E-state index contributed by atoms with van der Waals surface area (Å²) < 4.78 is 2.64. The monoisotopic (exact) mass is 287 g/mol. The minimum atomic E-state index is -0.290. The fraction of sp³-hybridized carbons (Fsp3) is 0.375. The van der Waals surface area contributed by atoms with E-state index in [1.54, 1.807) is 7.05 Å². The molecule has 0 radical (unpaired) electrons. The zero-order chi connectivity index (χ0) is 15.6. The van der Waals surface area contributed by atoms with Crippen molar-refractivity contribution in [3.05, 3.63) is 68.0 Å². The van der Waals surface area contributed by atoms with Crippen LogP contribution in [0.3, 0.4) is 0 Å². The summed E-state index contributed by atoms with van der Waals surface area (Å²) in [6.45, 7) is 3.41. The number of hydrogen-bond donors (Lipinski definition) is 0. The Morgan fingerprint density at radius 1 is 1.05 bits per heavy atom. The van der Waals surface area contributed by atoms with Gasteiger partial charge in [-0.15, -0.1) is 0 Å². The topological polar surface area (TPSA) is 47.2 Å². The highest BCUT2D eigenvalue weighted by atomic mass is 16.2. The summed E-state index contributed by atoms with van der Waals surface area (Å²) in [6.07, 6.45) is 0. The van der Waals surface area contributed by atoms with Gasteiger partial charge in [-0.25, -0.2) is 4.79 Å². The maximum atomic E-state index is 11.9. The first kappa shape index (κ1) is 15.3. The van der Waals surface area contributed by atoms with Crippen LogP contribution in [0, 0.1) is 6.92 Å². The van der Waals surface area contributed by atoms with Gasteiger partial charge in [-0.3, -0.25) is 18.8 Å². The van der Waals surface area contributed by atoms with E-state index >= 15 is 0 Å². The molecule has 2 rings (SSSR count). The molecule has 0 unspecified atom stereocenters. The second-order valence-electron chi connectivity index (χ2n) is 5.47. The lowest BCUT2D eigenvalue weighted by atomic mass is 10.1. The summed E-state index contributed by atoms with van der Waals surface area (Å²) >= 11 is 0. The third-order valence-corrected chi connectivity index (χ3v) is 3.76. The highest BCUT2D eigenvalue weighted by Gasteiger charge is 2.09. The molecule has 0 saturated carbocycles. The van der Waals surface area contributed by atoms with Crippen molar-refractivity contribution in [1.82, 2.24) is 14.0 Å². The SMILES string of the molecule is Cc1ccccc1CN(C)Cc1cc(=O)n(C)c(=O)n1C. The fourth-order valence-electron chi connectivity index (χ4n) is 2.34. The van der Waals surface area contributed by atoms with Crippen molar-refractivity contribution in [1.29, 1.82) is 0 Å². The Morgan fingerprint density at radius 3 is 2.38 bits per heavy atom. The van der Waals surface area contributed by atoms with Crippen LogP contribution in [0.1, 0.15) is 16.8 Å². The van der Waals surface area contributed by atoms with E-state index in [9.17, 15) is 9.59 Å². The third kappa shape index (κ3) is 3.31. The molecule has 0 aliphatic rings. The molecular formula is C16H21N3O2. The Bertz CT molecular complexity index is 759. The van der Waals surface area contributed by atoms with Crippen LogP contribution >= 0.6 is 0 Å². The van der Waals surface area contributed by atoms with Crippen molar-refractivity contribution < 1.29 is 0 Å². The van der Waals surface area contributed by atoms with E-state index in [2.05, 4.69) is 24.0 Å². The maximum Gasteiger partial charge on any atom is 0.330 e. The third-order valence-electron chi connectivity index (χ3n) is 3.76. The van der Waals surface area contributed by atoms with Crippen LogP contribution in [0.5, 0.6) is 0 Å². The van der Waals surface area contributed by atoms with E-state index in [0.717, 1.165) is 16.8 Å². The van der Waals surface area contributed by atoms with Crippen molar-refractivity contribution in [2.24, 2.45) is 14.1 Å². The predicted octanol–water partition coefficient (Wildman–Crippen LogP) is 1.02. The van der Waals surface area contributed by atoms with Gasteiger partial charge in [-0.05, 0) is 25.1 Å². The second kappa shape index (κ2) is 6.10. The minimum absolute atomic E-state index is 0.266. The number of nitrogens with zero attached hydrogens (tertiary/aromatic N) is 3. The van der Waals surface area contributed by atoms with Gasteiger partial charge in [0, 0.05) is 38.9 Å². The Hall–Kier alpha value is -2.14. The van der Waals surface area contributed by atoms with E-state index < -0.39 is 0 Å². The predicted molar refractivity (Wildman–Crippen MR) is 83.3 cm³/mol. The van der Waals surface area contributed by atoms with E-state index in [4.69, 9.17) is 0 Å². The van der Waals surface area contributed by atoms with E-state index in [-0.39, 0.29) is 11.2 Å². The average molecular weight is 287 g/mol. The molecular weight excluding hydrogens is 266 g/mol. The van der Waals surface area contributed by atoms with Gasteiger partial charge in [0.15, 0.2) is 0 Å². The molecule has 112 valence electrons. The van der Waals surface area contributed by atoms with Crippen LogP contribution in [0.4, 0.5) is 0 Å². The molecule has 0 aliphatic carbocycles. The lowest BCUT2D eigenvalue weighted by molar-refractivity contribution is 0.308. The van der Waals surface area contributed by atoms with Gasteiger partial charge in [0.05, 0.1) is 0 Å². The summed E-state index contributed by atoms with van der Waals surface area (Å²) in [5.41, 5.74) is 2.65. The number of benzene rings is 1. The molecule has 0 amide bonds. The Morgan fingerprint density at radius 2 is 1.71 bits per heavy atom. The quantitative estimate of drug-likeness (QED) is 0.843. The van der Waals surface area contributed by atoms with Crippen molar-refractivity contribution >= 4 is 0 Å². The minimum Gasteiger partial charge on any atom is -0.299 e. The molecule has 0 fully saturated rings. The van der Waals surface area contributed by atoms with Crippen molar-refractivity contribution in [3.8, 4) is 0 Å². The van der Waals surface area contributed by atoms with Gasteiger partial charge < -0.3 is 0 Å². The van der Waals surface area contributed by atoms with E-state index in [0.29, 0.717) is 6.54 Å². The zero-order valence-electron chi connectivity index (χ0n) is 13.0. The molecule has 0 aliphatic heterocycles. The van der Waals surface area contributed by atoms with Crippen LogP contribution in [-0.4, -0.2) is 21.1 Å². The van der Waals surface area contributed by atoms with E-state index in [1.165, 1.54) is 28.8 Å². The largest absolute Gasteiger partial charge is 0.330 e. The lowest BCUT2D eigenvalue weighted by Crippen LogP contribution is -2.39. The molecule has 0 bridgehead atoms. The van der Waals surface area contributed by atoms with Crippen molar-refractivity contribution in [2.45, 2.75) is 20.0 Å². The molecule has 5 nitrogen and oxygen atoms in total. The highest BCUT2D eigenvalue weighted by molar-refractivity contribution is 5.25. The average Bonchev–Trinajstić information content (AvgIpc) is 2.45. The lowest BCUT2D eigenvalue weighted by Gasteiger charge is -2.19. The van der Waals surface area contributed by atoms with Gasteiger partial charge in [0.1, 0.15) is 0 Å². The van der Waals surface area contributed by atoms with E-state index in [1.807, 2.05) is 19.2 Å². The van der Waals surface area contributed by atoms with Crippen molar-refractivity contribution in [2.75, 3.05) is 7.05 Å². The molecule has 21 heavy (non-hydrogen) atoms. The number of rotatable bonds is 4. The van der Waals surface area contributed by atoms with Crippen LogP contribution in [0.25, 0.3) is 0 Å². The molecule has 0 N–H and O–H groups in total. The Labute approximate surface area is 124 Å². The highest BCUT2D eigenvalue weighted by Crippen LogP contribution is 2.10. The number of hydrogen-bond acceptors (Lipinski definition) is 3. The number of aryl methyl sites for hydroxylation is 1. The molecule has 0 spiro atoms. The van der Waals surface area contributed by atoms with Gasteiger partial charge in [-0.1, -0.05) is 24.3 Å². The zero-order valence-corrected chi connectivity index (χ0v) is 13.0. The van der Waals surface area contributed by atoms with Gasteiger partial charge >= 0.3 is 5.69 Å².